The Labute approximate surface area is 89.7 Å². The van der Waals surface area contributed by atoms with E-state index in [1.165, 1.54) is 6.26 Å². The number of carbonyl (C=O) groups is 1. The molecule has 0 bridgehead atoms. The molecule has 0 aromatic heterocycles. The number of alkyl halides is 1. The van der Waals surface area contributed by atoms with Crippen molar-refractivity contribution in [2.75, 3.05) is 0 Å². The molecule has 3 unspecified atom stereocenters. The molecule has 2 nitrogen and oxygen atoms in total. The molecule has 1 saturated carbocycles. The van der Waals surface area contributed by atoms with E-state index < -0.39 is 6.17 Å². The van der Waals surface area contributed by atoms with Gasteiger partial charge in [-0.15, -0.1) is 0 Å². The molecule has 72 valence electrons. The Balaban J connectivity index is 2.17. The summed E-state index contributed by atoms with van der Waals surface area (Å²) >= 11 is 1.94. The van der Waals surface area contributed by atoms with Crippen molar-refractivity contribution in [3.63, 3.8) is 0 Å². The predicted octanol–water partition coefficient (Wildman–Crippen LogP) is 2.37. The number of hydrogen-bond donors (Lipinski definition) is 0. The third-order valence-electron chi connectivity index (χ3n) is 2.64. The van der Waals surface area contributed by atoms with Crippen molar-refractivity contribution >= 4 is 28.4 Å². The van der Waals surface area contributed by atoms with Crippen LogP contribution in [0.1, 0.15) is 19.3 Å². The van der Waals surface area contributed by atoms with Crippen molar-refractivity contribution < 1.29 is 13.9 Å². The van der Waals surface area contributed by atoms with Gasteiger partial charge in [0.05, 0.1) is 9.50 Å². The van der Waals surface area contributed by atoms with Crippen LogP contribution in [0.4, 0.5) is 4.39 Å². The first kappa shape index (κ1) is 9.43. The van der Waals surface area contributed by atoms with Crippen LogP contribution in [0.25, 0.3) is 0 Å². The molecule has 0 radical (unpaired) electrons. The monoisotopic (exact) mass is 296 g/mol. The molecule has 0 saturated heterocycles. The average molecular weight is 296 g/mol. The van der Waals surface area contributed by atoms with Crippen LogP contribution in [0.3, 0.4) is 0 Å². The highest BCUT2D eigenvalue weighted by Gasteiger charge is 2.39. The lowest BCUT2D eigenvalue weighted by atomic mass is 9.81. The number of fused-ring (bicyclic) bond motifs is 1. The summed E-state index contributed by atoms with van der Waals surface area (Å²) in [5.41, 5.74) is 0. The summed E-state index contributed by atoms with van der Waals surface area (Å²) in [6, 6.07) is 0. The first-order valence-electron chi connectivity index (χ1n) is 4.38. The van der Waals surface area contributed by atoms with E-state index in [1.807, 2.05) is 22.6 Å². The number of ketones is 1. The minimum absolute atomic E-state index is 0.0548. The van der Waals surface area contributed by atoms with Crippen molar-refractivity contribution in [1.82, 2.24) is 0 Å². The second-order valence-electron chi connectivity index (χ2n) is 3.52. The Bertz CT molecular complexity index is 264. The van der Waals surface area contributed by atoms with Gasteiger partial charge in [0.1, 0.15) is 18.5 Å². The quantitative estimate of drug-likeness (QED) is 0.642. The summed E-state index contributed by atoms with van der Waals surface area (Å²) in [6.07, 6.45) is 2.14. The number of carbonyl (C=O) groups excluding carboxylic acids is 1. The van der Waals surface area contributed by atoms with E-state index in [9.17, 15) is 9.18 Å². The van der Waals surface area contributed by atoms with Crippen molar-refractivity contribution in [3.8, 4) is 0 Å². The Morgan fingerprint density at radius 1 is 1.54 bits per heavy atom. The van der Waals surface area contributed by atoms with Crippen molar-refractivity contribution in [2.24, 2.45) is 5.92 Å². The lowest BCUT2D eigenvalue weighted by molar-refractivity contribution is -0.127. The fourth-order valence-corrected chi connectivity index (χ4v) is 2.46. The third kappa shape index (κ3) is 1.73. The second-order valence-corrected chi connectivity index (χ2v) is 4.68. The largest absolute Gasteiger partial charge is 0.496 e. The highest BCUT2D eigenvalue weighted by Crippen LogP contribution is 2.35. The second kappa shape index (κ2) is 3.55. The predicted molar refractivity (Wildman–Crippen MR) is 54.2 cm³/mol. The molecule has 1 aliphatic heterocycles. The third-order valence-corrected chi connectivity index (χ3v) is 3.43. The van der Waals surface area contributed by atoms with E-state index in [4.69, 9.17) is 4.74 Å². The first-order chi connectivity index (χ1) is 6.18. The van der Waals surface area contributed by atoms with Gasteiger partial charge in [-0.05, 0) is 41.9 Å². The molecule has 0 aromatic rings. The zero-order valence-electron chi connectivity index (χ0n) is 7.00. The van der Waals surface area contributed by atoms with E-state index >= 15 is 0 Å². The van der Waals surface area contributed by atoms with E-state index in [-0.39, 0.29) is 17.8 Å². The zero-order chi connectivity index (χ0) is 9.42. The summed E-state index contributed by atoms with van der Waals surface area (Å²) in [5, 5.41) is 0. The Kier molecular flexibility index (Phi) is 2.58. The van der Waals surface area contributed by atoms with Gasteiger partial charge in [0, 0.05) is 0 Å². The van der Waals surface area contributed by atoms with Crippen LogP contribution in [0.5, 0.6) is 0 Å². The van der Waals surface area contributed by atoms with Crippen molar-refractivity contribution in [2.45, 2.75) is 31.5 Å². The van der Waals surface area contributed by atoms with Gasteiger partial charge in [-0.2, -0.15) is 0 Å². The fourth-order valence-electron chi connectivity index (χ4n) is 1.91. The molecule has 2 rings (SSSR count). The average Bonchev–Trinajstić information content (AvgIpc) is 2.12. The van der Waals surface area contributed by atoms with Crippen molar-refractivity contribution in [1.29, 1.82) is 0 Å². The maximum absolute atomic E-state index is 13.0. The fraction of sp³-hybridized carbons (Fsp3) is 0.667. The topological polar surface area (TPSA) is 26.3 Å². The van der Waals surface area contributed by atoms with Crippen LogP contribution in [0.15, 0.2) is 9.84 Å². The van der Waals surface area contributed by atoms with E-state index in [2.05, 4.69) is 0 Å². The number of Topliss-reactive ketones (excluding diaryl/α,β-unsaturated/α-hetero) is 1. The normalized spacial score (nSPS) is 39.1. The van der Waals surface area contributed by atoms with Crippen LogP contribution in [0.2, 0.25) is 0 Å². The van der Waals surface area contributed by atoms with Gasteiger partial charge >= 0.3 is 0 Å². The lowest BCUT2D eigenvalue weighted by Crippen LogP contribution is -2.39. The number of allylic oxidation sites excluding steroid dienone is 1. The molecule has 0 aromatic carbocycles. The standard InChI is InChI=1S/C9H10FIO2/c10-5-1-2-8-6(3-5)9(12)7(11)4-13-8/h4-6,8H,1-3H2. The Morgan fingerprint density at radius 2 is 2.31 bits per heavy atom. The van der Waals surface area contributed by atoms with Gasteiger partial charge in [-0.25, -0.2) is 4.39 Å². The highest BCUT2D eigenvalue weighted by atomic mass is 127. The maximum Gasteiger partial charge on any atom is 0.178 e. The van der Waals surface area contributed by atoms with Gasteiger partial charge in [-0.1, -0.05) is 0 Å². The van der Waals surface area contributed by atoms with Crippen LogP contribution in [0, 0.1) is 5.92 Å². The molecular formula is C9H10FIO2. The maximum atomic E-state index is 13.0. The smallest absolute Gasteiger partial charge is 0.178 e. The Hall–Kier alpha value is -0.130. The molecule has 1 heterocycles. The summed E-state index contributed by atoms with van der Waals surface area (Å²) in [7, 11) is 0. The molecule has 2 aliphatic rings. The minimum atomic E-state index is -0.823. The van der Waals surface area contributed by atoms with Gasteiger partial charge in [0.15, 0.2) is 5.78 Å². The lowest BCUT2D eigenvalue weighted by Gasteiger charge is -2.34. The zero-order valence-corrected chi connectivity index (χ0v) is 9.16. The first-order valence-corrected chi connectivity index (χ1v) is 5.46. The van der Waals surface area contributed by atoms with Crippen LogP contribution in [-0.4, -0.2) is 18.1 Å². The highest BCUT2D eigenvalue weighted by molar-refractivity contribution is 14.1. The molecular weight excluding hydrogens is 286 g/mol. The molecule has 0 spiro atoms. The molecule has 4 heteroatoms. The van der Waals surface area contributed by atoms with Gasteiger partial charge < -0.3 is 4.74 Å². The van der Waals surface area contributed by atoms with Gasteiger partial charge in [0.2, 0.25) is 0 Å². The van der Waals surface area contributed by atoms with Crippen LogP contribution in [-0.2, 0) is 9.53 Å². The van der Waals surface area contributed by atoms with Crippen LogP contribution >= 0.6 is 22.6 Å². The molecule has 13 heavy (non-hydrogen) atoms. The van der Waals surface area contributed by atoms with Crippen LogP contribution < -0.4 is 0 Å². The molecule has 1 aliphatic carbocycles. The molecule has 1 fully saturated rings. The summed E-state index contributed by atoms with van der Waals surface area (Å²) in [5.74, 6) is -0.181. The molecule has 3 atom stereocenters. The van der Waals surface area contributed by atoms with Gasteiger partial charge in [0.25, 0.3) is 0 Å². The summed E-state index contributed by atoms with van der Waals surface area (Å²) < 4.78 is 19.0. The van der Waals surface area contributed by atoms with E-state index in [0.717, 1.165) is 0 Å². The summed E-state index contributed by atoms with van der Waals surface area (Å²) in [6.45, 7) is 0. The van der Waals surface area contributed by atoms with E-state index in [1.54, 1.807) is 0 Å². The number of halogens is 2. The molecule has 0 N–H and O–H groups in total. The van der Waals surface area contributed by atoms with Gasteiger partial charge in [-0.3, -0.25) is 4.79 Å². The summed E-state index contributed by atoms with van der Waals surface area (Å²) in [4.78, 5) is 11.6. The van der Waals surface area contributed by atoms with Crippen molar-refractivity contribution in [3.05, 3.63) is 9.84 Å². The number of rotatable bonds is 0. The minimum Gasteiger partial charge on any atom is -0.496 e. The van der Waals surface area contributed by atoms with E-state index in [0.29, 0.717) is 22.8 Å². The number of ether oxygens (including phenoxy) is 1. The Morgan fingerprint density at radius 3 is 3.08 bits per heavy atom. The SMILES string of the molecule is O=C1C(I)=COC2CCC(F)CC12. The number of hydrogen-bond acceptors (Lipinski definition) is 2. The molecule has 0 amide bonds.